The number of nitrogens with two attached hydrogens (primary N) is 1. The van der Waals surface area contributed by atoms with E-state index >= 15 is 0 Å². The van der Waals surface area contributed by atoms with Gasteiger partial charge in [0.25, 0.3) is 0 Å². The van der Waals surface area contributed by atoms with Crippen LogP contribution in [0.4, 0.5) is 5.82 Å². The van der Waals surface area contributed by atoms with Gasteiger partial charge >= 0.3 is 51.3 Å². The first-order valence-corrected chi connectivity index (χ1v) is 12.5. The minimum absolute atomic E-state index is 0. The summed E-state index contributed by atoms with van der Waals surface area (Å²) >= 11 is 0. The molecule has 182 valence electrons. The van der Waals surface area contributed by atoms with Crippen LogP contribution < -0.4 is 11.4 Å². The summed E-state index contributed by atoms with van der Waals surface area (Å²) in [6.07, 6.45) is 2.65. The van der Waals surface area contributed by atoms with Gasteiger partial charge in [-0.15, -0.1) is 0 Å². The number of ether oxygens (including phenoxy) is 1. The van der Waals surface area contributed by atoms with E-state index in [1.165, 1.54) is 16.8 Å². The number of phosphoric acid groups is 1. The van der Waals surface area contributed by atoms with E-state index < -0.39 is 41.2 Å². The van der Waals surface area contributed by atoms with Crippen molar-refractivity contribution < 1.29 is 40.2 Å². The molecular weight excluding hydrogens is 492 g/mol. The van der Waals surface area contributed by atoms with E-state index in [0.717, 1.165) is 25.7 Å². The zero-order valence-electron chi connectivity index (χ0n) is 20.4. The zero-order chi connectivity index (χ0) is 22.7. The topological polar surface area (TPSA) is 154 Å². The Labute approximate surface area is 221 Å². The van der Waals surface area contributed by atoms with Gasteiger partial charge in [-0.2, -0.15) is 9.66 Å². The number of nitrogens with zero attached hydrogens (tertiary/aromatic N) is 2. The van der Waals surface area contributed by atoms with Crippen LogP contribution in [0.3, 0.4) is 0 Å². The fourth-order valence-electron chi connectivity index (χ4n) is 2.67. The number of hydrogen-bond acceptors (Lipinski definition) is 10. The average Bonchev–Trinajstić information content (AvgIpc) is 3.09. The first-order valence-electron chi connectivity index (χ1n) is 10.2. The van der Waals surface area contributed by atoms with Crippen LogP contribution in [0.5, 0.6) is 0 Å². The monoisotopic (exact) mass is 525 g/mol. The molecule has 1 fully saturated rings. The van der Waals surface area contributed by atoms with Crippen LogP contribution >= 0.6 is 16.9 Å². The van der Waals surface area contributed by atoms with Crippen LogP contribution in [0.25, 0.3) is 0 Å². The van der Waals surface area contributed by atoms with Gasteiger partial charge in [0, 0.05) is 12.6 Å². The van der Waals surface area contributed by atoms with Crippen molar-refractivity contribution in [3.63, 3.8) is 0 Å². The van der Waals surface area contributed by atoms with Crippen LogP contribution in [0, 0.1) is 0 Å². The summed E-state index contributed by atoms with van der Waals surface area (Å²) in [4.78, 5) is 31.1. The van der Waals surface area contributed by atoms with Gasteiger partial charge in [-0.1, -0.05) is 33.1 Å². The van der Waals surface area contributed by atoms with E-state index in [4.69, 9.17) is 33.6 Å². The second-order valence-corrected chi connectivity index (χ2v) is 8.88. The summed E-state index contributed by atoms with van der Waals surface area (Å²) in [5.41, 5.74) is 4.87. The molecule has 0 aliphatic carbocycles. The molecule has 1 aromatic heterocycles. The Hall–Kier alpha value is 0.320. The van der Waals surface area contributed by atoms with Crippen LogP contribution in [-0.2, 0) is 32.4 Å². The van der Waals surface area contributed by atoms with Gasteiger partial charge < -0.3 is 22.7 Å². The van der Waals surface area contributed by atoms with E-state index in [-0.39, 0.29) is 59.4 Å². The molecule has 5 atom stereocenters. The Balaban J connectivity index is 0. The first-order chi connectivity index (χ1) is 14.9. The second kappa shape index (κ2) is 16.1. The van der Waals surface area contributed by atoms with E-state index in [1.807, 2.05) is 13.8 Å². The van der Waals surface area contributed by atoms with Gasteiger partial charge in [0.05, 0.1) is 13.2 Å². The summed E-state index contributed by atoms with van der Waals surface area (Å²) in [6, 6.07) is 1.43. The van der Waals surface area contributed by atoms with Crippen molar-refractivity contribution in [2.24, 2.45) is 0 Å². The molecule has 2 heterocycles. The maximum atomic E-state index is 12.3. The van der Waals surface area contributed by atoms with E-state index in [0.29, 0.717) is 13.0 Å². The third-order valence-electron chi connectivity index (χ3n) is 4.29. The maximum Gasteiger partial charge on any atom is 2.00 e. The SMILES string of the molecule is CCCCCOP(=O)(O)O[C@H]1O[C@@H](n2ccc(N)nc2=O)C[C@@H]1OOPOCCCC.[Ca+2].[H-].[H-]. The predicted molar refractivity (Wildman–Crippen MR) is 121 cm³/mol. The third kappa shape index (κ3) is 10.7. The first kappa shape index (κ1) is 30.4. The van der Waals surface area contributed by atoms with E-state index in [9.17, 15) is 14.3 Å². The molecule has 0 spiro atoms. The van der Waals surface area contributed by atoms with Crippen LogP contribution in [0.1, 0.15) is 61.5 Å². The molecule has 1 saturated heterocycles. The number of nitrogen functional groups attached to an aromatic ring is 1. The van der Waals surface area contributed by atoms with Gasteiger partial charge in [0.15, 0.2) is 9.03 Å². The summed E-state index contributed by atoms with van der Waals surface area (Å²) in [5.74, 6) is 0.0638. The van der Waals surface area contributed by atoms with Crippen LogP contribution in [0.2, 0.25) is 0 Å². The number of rotatable bonds is 15. The van der Waals surface area contributed by atoms with Crippen LogP contribution in [0.15, 0.2) is 17.1 Å². The Morgan fingerprint density at radius 1 is 1.34 bits per heavy atom. The molecule has 15 heteroatoms. The van der Waals surface area contributed by atoms with E-state index in [2.05, 4.69) is 4.98 Å². The number of hydrogen-bond donors (Lipinski definition) is 2. The summed E-state index contributed by atoms with van der Waals surface area (Å²) < 4.78 is 39.6. The zero-order valence-corrected chi connectivity index (χ0v) is 22.5. The average molecular weight is 525 g/mol. The van der Waals surface area contributed by atoms with Crippen molar-refractivity contribution in [3.05, 3.63) is 22.7 Å². The van der Waals surface area contributed by atoms with Crippen molar-refractivity contribution in [2.75, 3.05) is 18.9 Å². The Kier molecular flexibility index (Phi) is 15.2. The van der Waals surface area contributed by atoms with Crippen molar-refractivity contribution in [3.8, 4) is 0 Å². The standard InChI is InChI=1S/C17H31N3O9P2.Ca.2H/c1-3-5-7-11-25-31(22,23)28-16-13(27-29-30-24-10-6-4-2)12-15(26-16)20-9-8-14(18)19-17(20)21;;;/h8-9,13,15-16,30H,3-7,10-12H2,1-2H3,(H,22,23)(H2,18,19,21);;;/q;+2;2*-1/t13-,15+,16+;;;/m0.../s1. The molecule has 3 N–H and O–H groups in total. The maximum absolute atomic E-state index is 12.3. The molecule has 1 aliphatic rings. The molecule has 2 rings (SSSR count). The van der Waals surface area contributed by atoms with Gasteiger partial charge in [-0.25, -0.2) is 14.2 Å². The predicted octanol–water partition coefficient (Wildman–Crippen LogP) is 2.88. The third-order valence-corrected chi connectivity index (χ3v) is 5.76. The largest absolute Gasteiger partial charge is 2.00 e. The number of anilines is 1. The fourth-order valence-corrected chi connectivity index (χ4v) is 3.97. The second-order valence-electron chi connectivity index (χ2n) is 6.85. The van der Waals surface area contributed by atoms with Gasteiger partial charge in [0.1, 0.15) is 18.1 Å². The molecule has 1 aliphatic heterocycles. The molecule has 0 amide bonds. The summed E-state index contributed by atoms with van der Waals surface area (Å²) in [7, 11) is -4.82. The fraction of sp³-hybridized carbons (Fsp3) is 0.765. The molecule has 2 unspecified atom stereocenters. The van der Waals surface area contributed by atoms with Crippen molar-refractivity contribution in [1.29, 1.82) is 0 Å². The van der Waals surface area contributed by atoms with Crippen molar-refractivity contribution in [1.82, 2.24) is 9.55 Å². The minimum Gasteiger partial charge on any atom is -1.00 e. The van der Waals surface area contributed by atoms with Crippen LogP contribution in [-0.4, -0.2) is 77.8 Å². The smallest absolute Gasteiger partial charge is 1.00 e. The quantitative estimate of drug-likeness (QED) is 0.114. The van der Waals surface area contributed by atoms with Gasteiger partial charge in [-0.05, 0) is 18.9 Å². The number of aromatic nitrogens is 2. The van der Waals surface area contributed by atoms with Gasteiger partial charge in [0.2, 0.25) is 6.29 Å². The van der Waals surface area contributed by atoms with Crippen molar-refractivity contribution >= 4 is 60.4 Å². The molecular formula is C17H33CaN3O9P2. The molecule has 32 heavy (non-hydrogen) atoms. The Morgan fingerprint density at radius 2 is 2.09 bits per heavy atom. The Bertz CT molecular complexity index is 784. The molecule has 0 radical (unpaired) electrons. The summed E-state index contributed by atoms with van der Waals surface area (Å²) in [6.45, 7) is 4.62. The summed E-state index contributed by atoms with van der Waals surface area (Å²) in [5, 5.41) is 0. The minimum atomic E-state index is -4.42. The van der Waals surface area contributed by atoms with E-state index in [1.54, 1.807) is 0 Å². The normalized spacial score (nSPS) is 22.8. The molecule has 0 aromatic carbocycles. The molecule has 12 nitrogen and oxygen atoms in total. The van der Waals surface area contributed by atoms with Gasteiger partial charge in [-0.3, -0.25) is 13.6 Å². The van der Waals surface area contributed by atoms with Crippen molar-refractivity contribution in [2.45, 2.75) is 71.0 Å². The number of unbranched alkanes of at least 4 members (excludes halogenated alkanes) is 3. The Morgan fingerprint density at radius 3 is 2.78 bits per heavy atom. The molecule has 1 aromatic rings. The number of phosphoric ester groups is 1. The molecule has 0 saturated carbocycles. The molecule has 0 bridgehead atoms.